The zero-order chi connectivity index (χ0) is 19.5. The van der Waals surface area contributed by atoms with Crippen LogP contribution in [0.25, 0.3) is 10.7 Å². The molecular weight excluding hydrogens is 384 g/mol. The molecule has 0 unspecified atom stereocenters. The fraction of sp³-hybridized carbons (Fsp3) is 0.167. The molecule has 0 radical (unpaired) electrons. The van der Waals surface area contributed by atoms with Gasteiger partial charge in [-0.15, -0.1) is 11.3 Å². The highest BCUT2D eigenvalue weighted by Crippen LogP contribution is 2.22. The highest BCUT2D eigenvalue weighted by atomic mass is 32.1. The summed E-state index contributed by atoms with van der Waals surface area (Å²) in [6.45, 7) is -0.247. The molecule has 0 bridgehead atoms. The first-order valence-electron chi connectivity index (χ1n) is 8.31. The van der Waals surface area contributed by atoms with Crippen molar-refractivity contribution in [1.82, 2.24) is 20.4 Å². The number of amides is 3. The maximum Gasteiger partial charge on any atom is 0.338 e. The SMILES string of the molecule is O=C(OCc1nc(-c2cccs2)no1)c1ccccc1CN1C(=O)CNC1=O. The number of carbonyl (C=O) groups excluding carboxylic acids is 3. The van der Waals surface area contributed by atoms with E-state index in [1.165, 1.54) is 11.3 Å². The highest BCUT2D eigenvalue weighted by Gasteiger charge is 2.29. The second kappa shape index (κ2) is 7.61. The average molecular weight is 398 g/mol. The first-order valence-corrected chi connectivity index (χ1v) is 9.19. The Kier molecular flexibility index (Phi) is 4.85. The van der Waals surface area contributed by atoms with E-state index in [4.69, 9.17) is 9.26 Å². The summed E-state index contributed by atoms with van der Waals surface area (Å²) in [7, 11) is 0. The molecule has 3 aromatic rings. The Bertz CT molecular complexity index is 1010. The zero-order valence-electron chi connectivity index (χ0n) is 14.5. The number of rotatable bonds is 6. The average Bonchev–Trinajstić information content (AvgIpc) is 3.44. The number of urea groups is 1. The van der Waals surface area contributed by atoms with Crippen molar-refractivity contribution in [2.75, 3.05) is 6.54 Å². The van der Waals surface area contributed by atoms with Crippen molar-refractivity contribution >= 4 is 29.2 Å². The molecule has 1 N–H and O–H groups in total. The van der Waals surface area contributed by atoms with Crippen molar-refractivity contribution < 1.29 is 23.6 Å². The summed E-state index contributed by atoms with van der Waals surface area (Å²) in [6, 6.07) is 9.87. The summed E-state index contributed by atoms with van der Waals surface area (Å²) in [5.41, 5.74) is 0.760. The number of benzene rings is 1. The van der Waals surface area contributed by atoms with Crippen LogP contribution >= 0.6 is 11.3 Å². The van der Waals surface area contributed by atoms with Crippen molar-refractivity contribution in [2.45, 2.75) is 13.2 Å². The minimum absolute atomic E-state index is 0.0149. The van der Waals surface area contributed by atoms with Gasteiger partial charge in [0.2, 0.25) is 11.7 Å². The molecule has 10 heteroatoms. The molecule has 2 aromatic heterocycles. The van der Waals surface area contributed by atoms with E-state index in [9.17, 15) is 14.4 Å². The minimum atomic E-state index is -0.612. The van der Waals surface area contributed by atoms with Gasteiger partial charge in [0, 0.05) is 0 Å². The van der Waals surface area contributed by atoms with Crippen molar-refractivity contribution in [3.8, 4) is 10.7 Å². The van der Waals surface area contributed by atoms with Gasteiger partial charge in [-0.25, -0.2) is 9.59 Å². The maximum atomic E-state index is 12.5. The Hall–Kier alpha value is -3.53. The molecule has 1 aromatic carbocycles. The molecule has 9 nitrogen and oxygen atoms in total. The van der Waals surface area contributed by atoms with Crippen LogP contribution in [0.5, 0.6) is 0 Å². The lowest BCUT2D eigenvalue weighted by molar-refractivity contribution is -0.125. The summed E-state index contributed by atoms with van der Waals surface area (Å²) < 4.78 is 10.4. The van der Waals surface area contributed by atoms with Crippen LogP contribution in [0.15, 0.2) is 46.3 Å². The monoisotopic (exact) mass is 398 g/mol. The second-order valence-corrected chi connectivity index (χ2v) is 6.81. The van der Waals surface area contributed by atoms with E-state index < -0.39 is 12.0 Å². The van der Waals surface area contributed by atoms with Crippen LogP contribution in [-0.4, -0.2) is 39.5 Å². The summed E-state index contributed by atoms with van der Waals surface area (Å²) in [4.78, 5) is 42.1. The molecule has 0 spiro atoms. The number of hydrogen-bond donors (Lipinski definition) is 1. The Morgan fingerprint density at radius 3 is 2.86 bits per heavy atom. The Morgan fingerprint density at radius 2 is 2.11 bits per heavy atom. The van der Waals surface area contributed by atoms with Gasteiger partial charge in [-0.1, -0.05) is 29.4 Å². The first-order chi connectivity index (χ1) is 13.6. The molecule has 28 heavy (non-hydrogen) atoms. The lowest BCUT2D eigenvalue weighted by Gasteiger charge is -2.14. The molecular formula is C18H14N4O5S. The number of carbonyl (C=O) groups is 3. The van der Waals surface area contributed by atoms with E-state index in [2.05, 4.69) is 15.5 Å². The molecule has 4 rings (SSSR count). The van der Waals surface area contributed by atoms with Crippen molar-refractivity contribution in [1.29, 1.82) is 0 Å². The molecule has 142 valence electrons. The molecule has 0 atom stereocenters. The number of imide groups is 1. The van der Waals surface area contributed by atoms with E-state index >= 15 is 0 Å². The molecule has 0 saturated carbocycles. The quantitative estimate of drug-likeness (QED) is 0.500. The van der Waals surface area contributed by atoms with Gasteiger partial charge in [0.25, 0.3) is 5.89 Å². The Labute approximate surface area is 162 Å². The van der Waals surface area contributed by atoms with Gasteiger partial charge in [0.15, 0.2) is 6.61 Å². The molecule has 3 heterocycles. The third-order valence-electron chi connectivity index (χ3n) is 4.04. The summed E-state index contributed by atoms with van der Waals surface area (Å²) in [5, 5.41) is 8.20. The number of hydrogen-bond acceptors (Lipinski definition) is 8. The third kappa shape index (κ3) is 3.62. The Balaban J connectivity index is 1.44. The van der Waals surface area contributed by atoms with E-state index in [0.717, 1.165) is 9.78 Å². The Morgan fingerprint density at radius 1 is 1.25 bits per heavy atom. The van der Waals surface area contributed by atoms with Gasteiger partial charge in [-0.3, -0.25) is 9.69 Å². The fourth-order valence-electron chi connectivity index (χ4n) is 2.67. The molecule has 1 fully saturated rings. The van der Waals surface area contributed by atoms with Crippen molar-refractivity contribution in [3.05, 3.63) is 58.8 Å². The summed E-state index contributed by atoms with van der Waals surface area (Å²) in [6.07, 6.45) is 0. The second-order valence-electron chi connectivity index (χ2n) is 5.86. The van der Waals surface area contributed by atoms with E-state index in [1.54, 1.807) is 24.3 Å². The van der Waals surface area contributed by atoms with Crippen LogP contribution in [0.3, 0.4) is 0 Å². The molecule has 3 amide bonds. The lowest BCUT2D eigenvalue weighted by Crippen LogP contribution is -2.31. The maximum absolute atomic E-state index is 12.5. The number of nitrogens with one attached hydrogen (secondary N) is 1. The highest BCUT2D eigenvalue weighted by molar-refractivity contribution is 7.13. The standard InChI is InChI=1S/C18H14N4O5S/c23-15-8-19-18(25)22(15)9-11-4-1-2-5-12(11)17(24)26-10-14-20-16(21-27-14)13-6-3-7-28-13/h1-7H,8-10H2,(H,19,25). The molecule has 1 aliphatic rings. The van der Waals surface area contributed by atoms with Gasteiger partial charge in [0.05, 0.1) is 23.5 Å². The van der Waals surface area contributed by atoms with Crippen molar-refractivity contribution in [2.24, 2.45) is 0 Å². The van der Waals surface area contributed by atoms with Gasteiger partial charge in [-0.05, 0) is 23.1 Å². The van der Waals surface area contributed by atoms with Gasteiger partial charge in [-0.2, -0.15) is 4.98 Å². The van der Waals surface area contributed by atoms with Gasteiger partial charge < -0.3 is 14.6 Å². The van der Waals surface area contributed by atoms with E-state index in [0.29, 0.717) is 11.4 Å². The number of ether oxygens (including phenoxy) is 1. The van der Waals surface area contributed by atoms with Crippen LogP contribution in [0.1, 0.15) is 21.8 Å². The third-order valence-corrected chi connectivity index (χ3v) is 4.90. The van der Waals surface area contributed by atoms with Crippen LogP contribution < -0.4 is 5.32 Å². The normalized spacial score (nSPS) is 13.6. The largest absolute Gasteiger partial charge is 0.452 e. The number of thiophene rings is 1. The fourth-order valence-corrected chi connectivity index (χ4v) is 3.32. The molecule has 1 saturated heterocycles. The van der Waals surface area contributed by atoms with Crippen LogP contribution in [-0.2, 0) is 22.7 Å². The lowest BCUT2D eigenvalue weighted by atomic mass is 10.1. The van der Waals surface area contributed by atoms with E-state index in [-0.39, 0.29) is 37.1 Å². The predicted molar refractivity (Wildman–Crippen MR) is 97.1 cm³/mol. The summed E-state index contributed by atoms with van der Waals surface area (Å²) >= 11 is 1.47. The van der Waals surface area contributed by atoms with Crippen LogP contribution in [0.2, 0.25) is 0 Å². The van der Waals surface area contributed by atoms with Crippen molar-refractivity contribution in [3.63, 3.8) is 0 Å². The molecule has 0 aliphatic carbocycles. The number of esters is 1. The summed E-state index contributed by atoms with van der Waals surface area (Å²) in [5.74, 6) is -0.359. The van der Waals surface area contributed by atoms with E-state index in [1.807, 2.05) is 17.5 Å². The van der Waals surface area contributed by atoms with Crippen LogP contribution in [0.4, 0.5) is 4.79 Å². The first kappa shape index (κ1) is 17.9. The smallest absolute Gasteiger partial charge is 0.338 e. The number of nitrogens with zero attached hydrogens (tertiary/aromatic N) is 3. The molecule has 1 aliphatic heterocycles. The zero-order valence-corrected chi connectivity index (χ0v) is 15.3. The minimum Gasteiger partial charge on any atom is -0.452 e. The number of aromatic nitrogens is 2. The van der Waals surface area contributed by atoms with Gasteiger partial charge >= 0.3 is 12.0 Å². The van der Waals surface area contributed by atoms with Gasteiger partial charge in [0.1, 0.15) is 0 Å². The topological polar surface area (TPSA) is 115 Å². The predicted octanol–water partition coefficient (Wildman–Crippen LogP) is 2.21. The van der Waals surface area contributed by atoms with Crippen LogP contribution in [0, 0.1) is 0 Å².